The molecule has 1 fully saturated rings. The van der Waals surface area contributed by atoms with Crippen LogP contribution in [0.1, 0.15) is 61.2 Å². The van der Waals surface area contributed by atoms with Crippen molar-refractivity contribution in [3.63, 3.8) is 0 Å². The Hall–Kier alpha value is -3.13. The molecule has 0 unspecified atom stereocenters. The molecule has 1 amide bonds. The van der Waals surface area contributed by atoms with Gasteiger partial charge in [-0.05, 0) is 37.1 Å². The maximum absolute atomic E-state index is 13.3. The Balaban J connectivity index is 1.44. The Morgan fingerprint density at radius 1 is 1.21 bits per heavy atom. The third-order valence-corrected chi connectivity index (χ3v) is 6.95. The van der Waals surface area contributed by atoms with E-state index in [4.69, 9.17) is 9.72 Å². The number of ether oxygens (including phenoxy) is 1. The molecule has 0 spiro atoms. The summed E-state index contributed by atoms with van der Waals surface area (Å²) in [6, 6.07) is 10.5. The second-order valence-corrected chi connectivity index (χ2v) is 9.00. The highest BCUT2D eigenvalue weighted by atomic mass is 16.5. The van der Waals surface area contributed by atoms with E-state index in [9.17, 15) is 9.59 Å². The third-order valence-electron chi connectivity index (χ3n) is 6.95. The molecule has 5 rings (SSSR count). The summed E-state index contributed by atoms with van der Waals surface area (Å²) in [5.41, 5.74) is 4.30. The number of piperidine rings is 1. The number of nitrogens with one attached hydrogen (secondary N) is 1. The lowest BCUT2D eigenvalue weighted by molar-refractivity contribution is -0.131. The van der Waals surface area contributed by atoms with Gasteiger partial charge in [0.05, 0.1) is 36.6 Å². The Morgan fingerprint density at radius 3 is 2.79 bits per heavy atom. The number of amides is 1. The van der Waals surface area contributed by atoms with Crippen molar-refractivity contribution in [3.05, 3.63) is 63.2 Å². The molecule has 1 N–H and O–H groups in total. The predicted octanol–water partition coefficient (Wildman–Crippen LogP) is 3.05. The van der Waals surface area contributed by atoms with E-state index in [1.807, 2.05) is 25.1 Å². The Labute approximate surface area is 193 Å². The molecule has 2 aromatic heterocycles. The molecule has 0 radical (unpaired) electrons. The van der Waals surface area contributed by atoms with Crippen LogP contribution in [0.25, 0.3) is 5.65 Å². The summed E-state index contributed by atoms with van der Waals surface area (Å²) in [6.07, 6.45) is 4.44. The predicted molar refractivity (Wildman–Crippen MR) is 125 cm³/mol. The van der Waals surface area contributed by atoms with E-state index in [2.05, 4.69) is 22.1 Å². The number of fused-ring (bicyclic) bond motifs is 2. The van der Waals surface area contributed by atoms with Crippen molar-refractivity contribution in [1.29, 1.82) is 0 Å². The summed E-state index contributed by atoms with van der Waals surface area (Å²) in [5, 5.41) is 3.35. The molecule has 33 heavy (non-hydrogen) atoms. The zero-order valence-electron chi connectivity index (χ0n) is 19.3. The number of rotatable bonds is 5. The highest BCUT2D eigenvalue weighted by Gasteiger charge is 2.28. The van der Waals surface area contributed by atoms with E-state index in [0.29, 0.717) is 37.1 Å². The van der Waals surface area contributed by atoms with Gasteiger partial charge in [-0.25, -0.2) is 9.50 Å². The summed E-state index contributed by atoms with van der Waals surface area (Å²) in [7, 11) is 1.68. The maximum Gasteiger partial charge on any atom is 0.277 e. The summed E-state index contributed by atoms with van der Waals surface area (Å²) >= 11 is 0. The highest BCUT2D eigenvalue weighted by Crippen LogP contribution is 2.32. The fourth-order valence-electron chi connectivity index (χ4n) is 5.11. The number of hydrogen-bond acceptors (Lipinski definition) is 5. The van der Waals surface area contributed by atoms with Gasteiger partial charge in [0.25, 0.3) is 5.56 Å². The first kappa shape index (κ1) is 21.7. The third kappa shape index (κ3) is 4.15. The van der Waals surface area contributed by atoms with Crippen LogP contribution in [0.4, 0.5) is 0 Å². The Kier molecular flexibility index (Phi) is 5.93. The van der Waals surface area contributed by atoms with Gasteiger partial charge in [-0.3, -0.25) is 19.6 Å². The molecular formula is C25H31N5O3. The standard InChI is InChI=1S/C25H31N5O3/c1-3-24(31)29-13-11-20-19(16-29)25(32)30-23(26-20)14-21(27-30)22-6-4-5-12-28(22)15-17-7-9-18(33-2)10-8-17/h7-10,14,22,27H,3-6,11-13,15-16H2,1-2H3/t22-/m1/s1. The number of aromatic nitrogens is 3. The molecule has 8 heteroatoms. The second kappa shape index (κ2) is 9.02. The summed E-state index contributed by atoms with van der Waals surface area (Å²) in [4.78, 5) is 34.5. The van der Waals surface area contributed by atoms with Gasteiger partial charge in [-0.2, -0.15) is 0 Å². The first-order valence-electron chi connectivity index (χ1n) is 11.9. The molecule has 0 aliphatic carbocycles. The minimum atomic E-state index is -0.0904. The lowest BCUT2D eigenvalue weighted by atomic mass is 9.98. The molecule has 4 heterocycles. The van der Waals surface area contributed by atoms with Crippen molar-refractivity contribution in [2.24, 2.45) is 0 Å². The van der Waals surface area contributed by atoms with Gasteiger partial charge in [0.15, 0.2) is 5.65 Å². The van der Waals surface area contributed by atoms with Crippen molar-refractivity contribution >= 4 is 11.6 Å². The lowest BCUT2D eigenvalue weighted by Crippen LogP contribution is -2.40. The zero-order chi connectivity index (χ0) is 22.9. The van der Waals surface area contributed by atoms with Gasteiger partial charge < -0.3 is 9.64 Å². The number of benzene rings is 1. The van der Waals surface area contributed by atoms with Crippen LogP contribution in [-0.4, -0.2) is 50.5 Å². The van der Waals surface area contributed by atoms with Crippen LogP contribution >= 0.6 is 0 Å². The molecule has 2 aliphatic rings. The minimum absolute atomic E-state index is 0.0775. The lowest BCUT2D eigenvalue weighted by Gasteiger charge is -2.35. The zero-order valence-corrected chi connectivity index (χ0v) is 19.3. The van der Waals surface area contributed by atoms with Gasteiger partial charge in [0.2, 0.25) is 5.91 Å². The van der Waals surface area contributed by atoms with Gasteiger partial charge >= 0.3 is 0 Å². The molecule has 8 nitrogen and oxygen atoms in total. The van der Waals surface area contributed by atoms with Crippen LogP contribution in [0.3, 0.4) is 0 Å². The number of carbonyl (C=O) groups excluding carboxylic acids is 1. The fourth-order valence-corrected chi connectivity index (χ4v) is 5.11. The molecule has 1 atom stereocenters. The first-order valence-corrected chi connectivity index (χ1v) is 11.9. The number of nitrogens with zero attached hydrogens (tertiary/aromatic N) is 4. The van der Waals surface area contributed by atoms with Crippen molar-refractivity contribution in [2.75, 3.05) is 20.2 Å². The van der Waals surface area contributed by atoms with E-state index in [1.165, 1.54) is 12.0 Å². The van der Waals surface area contributed by atoms with E-state index in [0.717, 1.165) is 43.1 Å². The van der Waals surface area contributed by atoms with Crippen LogP contribution in [0.15, 0.2) is 35.1 Å². The van der Waals surface area contributed by atoms with Crippen molar-refractivity contribution < 1.29 is 9.53 Å². The smallest absolute Gasteiger partial charge is 0.277 e. The fraction of sp³-hybridized carbons (Fsp3) is 0.480. The van der Waals surface area contributed by atoms with Crippen LogP contribution in [-0.2, 0) is 24.3 Å². The van der Waals surface area contributed by atoms with Gasteiger partial charge in [-0.15, -0.1) is 0 Å². The number of carbonyl (C=O) groups is 1. The molecular weight excluding hydrogens is 418 g/mol. The molecule has 0 bridgehead atoms. The molecule has 174 valence electrons. The van der Waals surface area contributed by atoms with Gasteiger partial charge in [-0.1, -0.05) is 25.5 Å². The molecule has 3 aromatic rings. The Morgan fingerprint density at radius 2 is 2.03 bits per heavy atom. The number of likely N-dealkylation sites (tertiary alicyclic amines) is 1. The quantitative estimate of drug-likeness (QED) is 0.647. The van der Waals surface area contributed by atoms with Crippen LogP contribution in [0.2, 0.25) is 0 Å². The van der Waals surface area contributed by atoms with E-state index in [-0.39, 0.29) is 17.5 Å². The average molecular weight is 450 g/mol. The Bertz CT molecular complexity index is 1210. The topological polar surface area (TPSA) is 82.9 Å². The molecule has 0 saturated carbocycles. The molecule has 1 saturated heterocycles. The minimum Gasteiger partial charge on any atom is -0.497 e. The SMILES string of the molecule is CCC(=O)N1CCc2nc3cc([C@H]4CCCCN4Cc4ccc(OC)cc4)[nH]n3c(=O)c2C1. The number of methoxy groups -OCH3 is 1. The average Bonchev–Trinajstić information content (AvgIpc) is 3.28. The van der Waals surface area contributed by atoms with E-state index in [1.54, 1.807) is 16.5 Å². The summed E-state index contributed by atoms with van der Waals surface area (Å²) in [5.74, 6) is 0.937. The number of hydrogen-bond donors (Lipinski definition) is 1. The van der Waals surface area contributed by atoms with E-state index < -0.39 is 0 Å². The van der Waals surface area contributed by atoms with Crippen LogP contribution < -0.4 is 10.3 Å². The second-order valence-electron chi connectivity index (χ2n) is 9.00. The first-order chi connectivity index (χ1) is 16.1. The highest BCUT2D eigenvalue weighted by molar-refractivity contribution is 5.76. The molecule has 1 aromatic carbocycles. The van der Waals surface area contributed by atoms with Crippen molar-refractivity contribution in [2.45, 2.75) is 58.2 Å². The van der Waals surface area contributed by atoms with Crippen LogP contribution in [0, 0.1) is 0 Å². The molecule has 2 aliphatic heterocycles. The summed E-state index contributed by atoms with van der Waals surface area (Å²) < 4.78 is 6.85. The van der Waals surface area contributed by atoms with Gasteiger partial charge in [0, 0.05) is 32.0 Å². The summed E-state index contributed by atoms with van der Waals surface area (Å²) in [6.45, 7) is 4.68. The largest absolute Gasteiger partial charge is 0.497 e. The number of aromatic amines is 1. The van der Waals surface area contributed by atoms with Gasteiger partial charge in [0.1, 0.15) is 5.75 Å². The van der Waals surface area contributed by atoms with Crippen molar-refractivity contribution in [3.8, 4) is 5.75 Å². The van der Waals surface area contributed by atoms with E-state index >= 15 is 0 Å². The maximum atomic E-state index is 13.3. The normalized spacial score (nSPS) is 19.0. The van der Waals surface area contributed by atoms with Crippen LogP contribution in [0.5, 0.6) is 5.75 Å². The van der Waals surface area contributed by atoms with Crippen molar-refractivity contribution in [1.82, 2.24) is 24.4 Å². The monoisotopic (exact) mass is 449 g/mol. The number of H-pyrrole nitrogens is 1.